The average molecular weight is 653 g/mol. The molecule has 0 N–H and O–H groups in total. The average Bonchev–Trinajstić information content (AvgIpc) is 3.56. The highest BCUT2D eigenvalue weighted by atomic mass is 16.5. The van der Waals surface area contributed by atoms with Gasteiger partial charge in [0, 0.05) is 27.8 Å². The second-order valence-electron chi connectivity index (χ2n) is 13.0. The molecule has 0 amide bonds. The van der Waals surface area contributed by atoms with Crippen molar-refractivity contribution in [3.8, 4) is 50.6 Å². The van der Waals surface area contributed by atoms with Crippen LogP contribution in [0.2, 0.25) is 0 Å². The minimum absolute atomic E-state index is 0.878. The Bertz CT molecular complexity index is 2650. The number of aromatic nitrogens is 1. The number of nitrogens with zero attached hydrogens (tertiary/aromatic N) is 2. The van der Waals surface area contributed by atoms with Crippen LogP contribution in [0.25, 0.3) is 60.9 Å². The first-order valence-corrected chi connectivity index (χ1v) is 17.4. The third-order valence-corrected chi connectivity index (χ3v) is 9.98. The van der Waals surface area contributed by atoms with Gasteiger partial charge in [-0.1, -0.05) is 121 Å². The molecule has 0 unspecified atom stereocenters. The lowest BCUT2D eigenvalue weighted by atomic mass is 9.94. The van der Waals surface area contributed by atoms with Gasteiger partial charge in [-0.25, -0.2) is 0 Å². The fraction of sp³-hybridized carbons (Fsp3) is 0. The molecule has 9 aromatic rings. The van der Waals surface area contributed by atoms with Gasteiger partial charge in [-0.3, -0.25) is 0 Å². The molecule has 0 bridgehead atoms. The summed E-state index contributed by atoms with van der Waals surface area (Å²) in [4.78, 5) is 2.29. The lowest BCUT2D eigenvalue weighted by molar-refractivity contribution is 0.476. The largest absolute Gasteiger partial charge is 0.453 e. The number of para-hydroxylation sites is 5. The van der Waals surface area contributed by atoms with E-state index in [1.165, 1.54) is 49.7 Å². The van der Waals surface area contributed by atoms with Crippen LogP contribution in [-0.4, -0.2) is 4.57 Å². The molecule has 0 saturated carbocycles. The van der Waals surface area contributed by atoms with Gasteiger partial charge in [0.25, 0.3) is 0 Å². The predicted octanol–water partition coefficient (Wildman–Crippen LogP) is 13.4. The van der Waals surface area contributed by atoms with Gasteiger partial charge in [0.1, 0.15) is 0 Å². The SMILES string of the molecule is c1ccc(N(c2ccccc2)c2ccc(-c3ccc(-c4cccc(-c5ccc6c7c5c5ccccc5n7-c5ccccc5O6)c4)cc3)cc2)cc1. The van der Waals surface area contributed by atoms with Crippen molar-refractivity contribution in [1.29, 1.82) is 0 Å². The van der Waals surface area contributed by atoms with Crippen LogP contribution in [0.3, 0.4) is 0 Å². The van der Waals surface area contributed by atoms with Crippen LogP contribution in [-0.2, 0) is 0 Å². The first kappa shape index (κ1) is 29.1. The summed E-state index contributed by atoms with van der Waals surface area (Å²) < 4.78 is 8.81. The summed E-state index contributed by atoms with van der Waals surface area (Å²) >= 11 is 0. The van der Waals surface area contributed by atoms with Crippen LogP contribution in [0.15, 0.2) is 194 Å². The maximum atomic E-state index is 6.45. The van der Waals surface area contributed by atoms with E-state index in [1.54, 1.807) is 0 Å². The summed E-state index contributed by atoms with van der Waals surface area (Å²) in [5.74, 6) is 1.76. The molecular formula is C48H32N2O. The zero-order chi connectivity index (χ0) is 33.7. The van der Waals surface area contributed by atoms with Gasteiger partial charge in [-0.15, -0.1) is 0 Å². The number of fused-ring (bicyclic) bond motifs is 5. The molecule has 0 radical (unpaired) electrons. The molecule has 1 aliphatic rings. The second kappa shape index (κ2) is 11.9. The van der Waals surface area contributed by atoms with Crippen LogP contribution in [0.4, 0.5) is 17.1 Å². The number of hydrogen-bond donors (Lipinski definition) is 0. The number of rotatable bonds is 6. The van der Waals surface area contributed by atoms with E-state index in [0.29, 0.717) is 0 Å². The Morgan fingerprint density at radius 2 is 0.961 bits per heavy atom. The summed E-state index contributed by atoms with van der Waals surface area (Å²) in [5.41, 5.74) is 13.9. The molecule has 0 saturated heterocycles. The molecule has 10 rings (SSSR count). The summed E-state index contributed by atoms with van der Waals surface area (Å²) in [5, 5.41) is 2.44. The molecule has 240 valence electrons. The Morgan fingerprint density at radius 1 is 0.392 bits per heavy atom. The molecule has 3 nitrogen and oxygen atoms in total. The van der Waals surface area contributed by atoms with Gasteiger partial charge in [0.05, 0.1) is 16.7 Å². The Balaban J connectivity index is 0.989. The third-order valence-electron chi connectivity index (χ3n) is 9.98. The minimum Gasteiger partial charge on any atom is -0.453 e. The molecule has 0 fully saturated rings. The van der Waals surface area contributed by atoms with Crippen molar-refractivity contribution < 1.29 is 4.74 Å². The predicted molar refractivity (Wildman–Crippen MR) is 212 cm³/mol. The monoisotopic (exact) mass is 652 g/mol. The number of ether oxygens (including phenoxy) is 1. The van der Waals surface area contributed by atoms with Crippen molar-refractivity contribution in [1.82, 2.24) is 4.57 Å². The second-order valence-corrected chi connectivity index (χ2v) is 13.0. The highest BCUT2D eigenvalue weighted by Crippen LogP contribution is 2.48. The van der Waals surface area contributed by atoms with E-state index in [-0.39, 0.29) is 0 Å². The third kappa shape index (κ3) is 4.90. The summed E-state index contributed by atoms with van der Waals surface area (Å²) in [6.45, 7) is 0. The lowest BCUT2D eigenvalue weighted by Gasteiger charge is -2.25. The summed E-state index contributed by atoms with van der Waals surface area (Å²) in [6.07, 6.45) is 0. The van der Waals surface area contributed by atoms with E-state index in [4.69, 9.17) is 4.74 Å². The van der Waals surface area contributed by atoms with Crippen LogP contribution in [0.1, 0.15) is 0 Å². The van der Waals surface area contributed by atoms with Gasteiger partial charge in [-0.2, -0.15) is 0 Å². The van der Waals surface area contributed by atoms with E-state index >= 15 is 0 Å². The first-order valence-electron chi connectivity index (χ1n) is 17.4. The van der Waals surface area contributed by atoms with Gasteiger partial charge in [-0.05, 0) is 106 Å². The molecule has 0 aliphatic carbocycles. The van der Waals surface area contributed by atoms with E-state index in [1.807, 2.05) is 12.1 Å². The topological polar surface area (TPSA) is 17.4 Å². The number of hydrogen-bond acceptors (Lipinski definition) is 2. The van der Waals surface area contributed by atoms with Crippen LogP contribution >= 0.6 is 0 Å². The highest BCUT2D eigenvalue weighted by Gasteiger charge is 2.25. The van der Waals surface area contributed by atoms with Crippen molar-refractivity contribution in [2.75, 3.05) is 4.90 Å². The Kier molecular flexibility index (Phi) is 6.81. The van der Waals surface area contributed by atoms with Gasteiger partial charge >= 0.3 is 0 Å². The molecule has 1 aromatic heterocycles. The lowest BCUT2D eigenvalue weighted by Crippen LogP contribution is -2.09. The zero-order valence-corrected chi connectivity index (χ0v) is 27.8. The highest BCUT2D eigenvalue weighted by molar-refractivity contribution is 6.18. The smallest absolute Gasteiger partial charge is 0.152 e. The van der Waals surface area contributed by atoms with E-state index < -0.39 is 0 Å². The first-order chi connectivity index (χ1) is 25.3. The molecular weight excluding hydrogens is 621 g/mol. The van der Waals surface area contributed by atoms with E-state index in [9.17, 15) is 0 Å². The van der Waals surface area contributed by atoms with Crippen LogP contribution in [0.5, 0.6) is 11.5 Å². The van der Waals surface area contributed by atoms with Crippen molar-refractivity contribution in [3.05, 3.63) is 194 Å². The van der Waals surface area contributed by atoms with Gasteiger partial charge in [0.15, 0.2) is 11.5 Å². The van der Waals surface area contributed by atoms with Crippen LogP contribution < -0.4 is 9.64 Å². The fourth-order valence-corrected chi connectivity index (χ4v) is 7.61. The maximum absolute atomic E-state index is 6.45. The molecule has 8 aromatic carbocycles. The quantitative estimate of drug-likeness (QED) is 0.178. The Labute approximate surface area is 296 Å². The Hall–Kier alpha value is -6.84. The van der Waals surface area contributed by atoms with Crippen molar-refractivity contribution in [2.24, 2.45) is 0 Å². The van der Waals surface area contributed by atoms with Crippen molar-refractivity contribution in [2.45, 2.75) is 0 Å². The van der Waals surface area contributed by atoms with Crippen LogP contribution in [0, 0.1) is 0 Å². The molecule has 0 spiro atoms. The number of anilines is 3. The zero-order valence-electron chi connectivity index (χ0n) is 27.8. The van der Waals surface area contributed by atoms with Gasteiger partial charge in [0.2, 0.25) is 0 Å². The minimum atomic E-state index is 0.878. The summed E-state index contributed by atoms with van der Waals surface area (Å²) in [6, 6.07) is 69.0. The molecule has 1 aliphatic heterocycles. The normalized spacial score (nSPS) is 11.7. The summed E-state index contributed by atoms with van der Waals surface area (Å²) in [7, 11) is 0. The molecule has 0 atom stereocenters. The van der Waals surface area contributed by atoms with E-state index in [0.717, 1.165) is 39.8 Å². The molecule has 51 heavy (non-hydrogen) atoms. The number of benzene rings is 8. The fourth-order valence-electron chi connectivity index (χ4n) is 7.61. The molecule has 3 heteroatoms. The Morgan fingerprint density at radius 3 is 1.69 bits per heavy atom. The van der Waals surface area contributed by atoms with Gasteiger partial charge < -0.3 is 14.2 Å². The maximum Gasteiger partial charge on any atom is 0.152 e. The van der Waals surface area contributed by atoms with Crippen molar-refractivity contribution in [3.63, 3.8) is 0 Å². The standard InChI is InChI=1S/C48H32N2O/c1-3-14-38(15-4-1)49(39-16-5-2-6-17-39)40-28-26-34(27-29-40)33-22-24-35(25-23-33)36-12-11-13-37(32-36)41-30-31-46-48-47(41)42-18-7-8-19-43(42)50(48)44-20-9-10-21-45(44)51-46/h1-32H. The van der Waals surface area contributed by atoms with Crippen molar-refractivity contribution >= 4 is 38.9 Å². The van der Waals surface area contributed by atoms with E-state index in [2.05, 4.69) is 191 Å². The molecule has 2 heterocycles.